The molecule has 1 fully saturated rings. The summed E-state index contributed by atoms with van der Waals surface area (Å²) in [5.74, 6) is -0.390. The lowest BCUT2D eigenvalue weighted by Crippen LogP contribution is -2.20. The summed E-state index contributed by atoms with van der Waals surface area (Å²) in [5, 5.41) is 0. The van der Waals surface area contributed by atoms with E-state index in [4.69, 9.17) is 14.2 Å². The predicted molar refractivity (Wildman–Crippen MR) is 52.1 cm³/mol. The molecule has 2 rings (SSSR count). The predicted octanol–water partition coefficient (Wildman–Crippen LogP) is 1.56. The zero-order valence-electron chi connectivity index (χ0n) is 8.38. The molecule has 1 aliphatic rings. The highest BCUT2D eigenvalue weighted by Gasteiger charge is 2.26. The third kappa shape index (κ3) is 2.55. The number of hydrogen-bond donors (Lipinski definition) is 0. The third-order valence-corrected chi connectivity index (χ3v) is 2.06. The van der Waals surface area contributed by atoms with E-state index in [1.807, 2.05) is 6.07 Å². The minimum Gasteiger partial charge on any atom is -0.429 e. The van der Waals surface area contributed by atoms with Crippen LogP contribution in [0.1, 0.15) is 17.3 Å². The molecule has 0 amide bonds. The molecule has 15 heavy (non-hydrogen) atoms. The molecule has 0 aromatic heterocycles. The molecule has 1 heterocycles. The molecule has 4 nitrogen and oxygen atoms in total. The summed E-state index contributed by atoms with van der Waals surface area (Å²) in [4.78, 5) is 11.5. The largest absolute Gasteiger partial charge is 0.429 e. The van der Waals surface area contributed by atoms with Crippen LogP contribution in [0.25, 0.3) is 0 Å². The maximum absolute atomic E-state index is 11.5. The second kappa shape index (κ2) is 4.42. The van der Waals surface area contributed by atoms with Gasteiger partial charge in [0.25, 0.3) is 0 Å². The second-order valence-corrected chi connectivity index (χ2v) is 3.24. The summed E-state index contributed by atoms with van der Waals surface area (Å²) in [5.41, 5.74) is 0.514. The summed E-state index contributed by atoms with van der Waals surface area (Å²) < 4.78 is 15.4. The van der Waals surface area contributed by atoms with E-state index in [0.29, 0.717) is 12.2 Å². The van der Waals surface area contributed by atoms with Crippen molar-refractivity contribution in [3.05, 3.63) is 35.9 Å². The Balaban J connectivity index is 1.93. The van der Waals surface area contributed by atoms with E-state index >= 15 is 0 Å². The molecule has 0 radical (unpaired) electrons. The van der Waals surface area contributed by atoms with Crippen molar-refractivity contribution >= 4 is 5.97 Å². The minimum absolute atomic E-state index is 0.291. The molecule has 1 aromatic rings. The molecular formula is C11H12O4. The lowest BCUT2D eigenvalue weighted by molar-refractivity contribution is -0.111. The maximum Gasteiger partial charge on any atom is 0.340 e. The average molecular weight is 208 g/mol. The zero-order chi connectivity index (χ0) is 10.7. The molecule has 0 bridgehead atoms. The van der Waals surface area contributed by atoms with Crippen molar-refractivity contribution in [2.24, 2.45) is 0 Å². The summed E-state index contributed by atoms with van der Waals surface area (Å²) in [7, 11) is 0. The van der Waals surface area contributed by atoms with Gasteiger partial charge >= 0.3 is 5.97 Å². The number of carbonyl (C=O) groups excluding carboxylic acids is 1. The van der Waals surface area contributed by atoms with Gasteiger partial charge in [-0.25, -0.2) is 4.79 Å². The number of rotatable bonds is 2. The van der Waals surface area contributed by atoms with Crippen molar-refractivity contribution in [1.29, 1.82) is 0 Å². The number of hydrogen-bond acceptors (Lipinski definition) is 4. The lowest BCUT2D eigenvalue weighted by Gasteiger charge is -2.09. The quantitative estimate of drug-likeness (QED) is 0.692. The van der Waals surface area contributed by atoms with Gasteiger partial charge in [0.2, 0.25) is 6.29 Å². The topological polar surface area (TPSA) is 44.8 Å². The summed E-state index contributed by atoms with van der Waals surface area (Å²) in [6, 6.07) is 8.80. The molecule has 2 unspecified atom stereocenters. The first-order valence-corrected chi connectivity index (χ1v) is 4.79. The highest BCUT2D eigenvalue weighted by atomic mass is 16.8. The minimum atomic E-state index is -0.590. The summed E-state index contributed by atoms with van der Waals surface area (Å²) in [6.07, 6.45) is -0.897. The van der Waals surface area contributed by atoms with E-state index in [2.05, 4.69) is 0 Å². The van der Waals surface area contributed by atoms with Crippen molar-refractivity contribution in [1.82, 2.24) is 0 Å². The van der Waals surface area contributed by atoms with E-state index in [1.165, 1.54) is 0 Å². The van der Waals surface area contributed by atoms with E-state index < -0.39 is 12.3 Å². The van der Waals surface area contributed by atoms with E-state index in [-0.39, 0.29) is 6.29 Å². The molecular weight excluding hydrogens is 196 g/mol. The van der Waals surface area contributed by atoms with Crippen LogP contribution in [0, 0.1) is 0 Å². The van der Waals surface area contributed by atoms with Gasteiger partial charge in [-0.1, -0.05) is 18.2 Å². The Labute approximate surface area is 87.8 Å². The van der Waals surface area contributed by atoms with Gasteiger partial charge in [-0.2, -0.15) is 0 Å². The maximum atomic E-state index is 11.5. The van der Waals surface area contributed by atoms with Gasteiger partial charge in [0, 0.05) is 0 Å². The lowest BCUT2D eigenvalue weighted by atomic mass is 10.2. The molecule has 0 N–H and O–H groups in total. The zero-order valence-corrected chi connectivity index (χ0v) is 8.38. The van der Waals surface area contributed by atoms with E-state index in [1.54, 1.807) is 31.2 Å². The number of benzene rings is 1. The average Bonchev–Trinajstić information content (AvgIpc) is 2.65. The molecule has 2 atom stereocenters. The number of ether oxygens (including phenoxy) is 3. The molecule has 0 saturated carbocycles. The Kier molecular flexibility index (Phi) is 2.99. The van der Waals surface area contributed by atoms with Gasteiger partial charge in [0.05, 0.1) is 5.56 Å². The second-order valence-electron chi connectivity index (χ2n) is 3.24. The Hall–Kier alpha value is -1.39. The first-order chi connectivity index (χ1) is 7.25. The first-order valence-electron chi connectivity index (χ1n) is 4.79. The van der Waals surface area contributed by atoms with Gasteiger partial charge in [-0.15, -0.1) is 0 Å². The van der Waals surface area contributed by atoms with Crippen LogP contribution in [0.5, 0.6) is 0 Å². The normalized spacial score (nSPS) is 25.1. The molecule has 1 saturated heterocycles. The van der Waals surface area contributed by atoms with Gasteiger partial charge in [0.15, 0.2) is 6.29 Å². The third-order valence-electron chi connectivity index (χ3n) is 2.06. The van der Waals surface area contributed by atoms with Crippen LogP contribution in [0.4, 0.5) is 0 Å². The fraction of sp³-hybridized carbons (Fsp3) is 0.364. The monoisotopic (exact) mass is 208 g/mol. The summed E-state index contributed by atoms with van der Waals surface area (Å²) in [6.45, 7) is 2.05. The van der Waals surface area contributed by atoms with Crippen molar-refractivity contribution in [3.63, 3.8) is 0 Å². The molecule has 4 heteroatoms. The summed E-state index contributed by atoms with van der Waals surface area (Å²) >= 11 is 0. The molecule has 0 spiro atoms. The molecule has 1 aliphatic heterocycles. The van der Waals surface area contributed by atoms with Gasteiger partial charge in [0.1, 0.15) is 6.61 Å². The number of carbonyl (C=O) groups is 1. The first kappa shape index (κ1) is 10.1. The molecule has 0 aliphatic carbocycles. The number of esters is 1. The Morgan fingerprint density at radius 2 is 2.13 bits per heavy atom. The molecule has 80 valence electrons. The van der Waals surface area contributed by atoms with Crippen LogP contribution in [0.15, 0.2) is 30.3 Å². The van der Waals surface area contributed by atoms with Crippen molar-refractivity contribution in [3.8, 4) is 0 Å². The van der Waals surface area contributed by atoms with Crippen LogP contribution >= 0.6 is 0 Å². The Bertz CT molecular complexity index is 336. The highest BCUT2D eigenvalue weighted by molar-refractivity contribution is 5.89. The van der Waals surface area contributed by atoms with Crippen LogP contribution in [-0.4, -0.2) is 25.2 Å². The Morgan fingerprint density at radius 3 is 2.73 bits per heavy atom. The van der Waals surface area contributed by atoms with Crippen molar-refractivity contribution in [2.75, 3.05) is 6.61 Å². The smallest absolute Gasteiger partial charge is 0.340 e. The van der Waals surface area contributed by atoms with Gasteiger partial charge in [-0.05, 0) is 19.1 Å². The SMILES string of the molecule is CC1OCC(OC(=O)c2ccccc2)O1. The van der Waals surface area contributed by atoms with Crippen LogP contribution in [-0.2, 0) is 14.2 Å². The Morgan fingerprint density at radius 1 is 1.40 bits per heavy atom. The fourth-order valence-electron chi connectivity index (χ4n) is 1.33. The van der Waals surface area contributed by atoms with E-state index in [9.17, 15) is 4.79 Å². The van der Waals surface area contributed by atoms with Crippen molar-refractivity contribution in [2.45, 2.75) is 19.5 Å². The van der Waals surface area contributed by atoms with Gasteiger partial charge < -0.3 is 14.2 Å². The van der Waals surface area contributed by atoms with Crippen LogP contribution in [0.3, 0.4) is 0 Å². The van der Waals surface area contributed by atoms with Gasteiger partial charge in [-0.3, -0.25) is 0 Å². The van der Waals surface area contributed by atoms with Crippen molar-refractivity contribution < 1.29 is 19.0 Å². The van der Waals surface area contributed by atoms with E-state index in [0.717, 1.165) is 0 Å². The standard InChI is InChI=1S/C11H12O4/c1-8-13-7-10(14-8)15-11(12)9-5-3-2-4-6-9/h2-6,8,10H,7H2,1H3. The van der Waals surface area contributed by atoms with Crippen LogP contribution in [0.2, 0.25) is 0 Å². The van der Waals surface area contributed by atoms with Crippen LogP contribution < -0.4 is 0 Å². The molecule has 1 aromatic carbocycles. The highest BCUT2D eigenvalue weighted by Crippen LogP contribution is 2.13. The fourth-order valence-corrected chi connectivity index (χ4v) is 1.33.